The molecule has 1 aromatic rings. The Labute approximate surface area is 119 Å². The molecule has 1 rings (SSSR count). The second-order valence-electron chi connectivity index (χ2n) is 5.57. The van der Waals surface area contributed by atoms with Crippen LogP contribution >= 0.6 is 0 Å². The number of hydrogen-bond donors (Lipinski definition) is 1. The maximum absolute atomic E-state index is 10.4. The minimum absolute atomic E-state index is 0.571. The second kappa shape index (κ2) is 9.01. The van der Waals surface area contributed by atoms with Gasteiger partial charge in [-0.1, -0.05) is 52.2 Å². The molecule has 1 heteroatoms. The fraction of sp³-hybridized carbons (Fsp3) is 0.667. The van der Waals surface area contributed by atoms with Gasteiger partial charge < -0.3 is 5.11 Å². The highest BCUT2D eigenvalue weighted by Gasteiger charge is 2.09. The topological polar surface area (TPSA) is 20.2 Å². The molecule has 0 aliphatic carbocycles. The smallest absolute Gasteiger partial charge is 0.121 e. The first kappa shape index (κ1) is 16.1. The van der Waals surface area contributed by atoms with Crippen LogP contribution in [0.2, 0.25) is 0 Å². The molecule has 19 heavy (non-hydrogen) atoms. The number of benzene rings is 1. The van der Waals surface area contributed by atoms with Crippen molar-refractivity contribution in [2.75, 3.05) is 0 Å². The van der Waals surface area contributed by atoms with Crippen LogP contribution in [0.1, 0.15) is 76.0 Å². The largest absolute Gasteiger partial charge is 0.507 e. The molecule has 0 saturated carbocycles. The van der Waals surface area contributed by atoms with Gasteiger partial charge in [-0.25, -0.2) is 0 Å². The van der Waals surface area contributed by atoms with Crippen LogP contribution in [0.15, 0.2) is 12.1 Å². The standard InChI is InChI=1S/C18H30O/c1-4-7-10-15-13-16(11-8-5-2)18(19)17(14-15)12-9-6-3/h13-14,19H,4-12H2,1-3H3. The fourth-order valence-electron chi connectivity index (χ4n) is 2.47. The Kier molecular flexibility index (Phi) is 7.62. The maximum Gasteiger partial charge on any atom is 0.121 e. The van der Waals surface area contributed by atoms with Gasteiger partial charge >= 0.3 is 0 Å². The summed E-state index contributed by atoms with van der Waals surface area (Å²) in [5.41, 5.74) is 3.75. The molecule has 0 radical (unpaired) electrons. The first-order chi connectivity index (χ1) is 9.22. The zero-order valence-electron chi connectivity index (χ0n) is 13.0. The molecule has 0 atom stereocenters. The highest BCUT2D eigenvalue weighted by Crippen LogP contribution is 2.28. The minimum atomic E-state index is 0.571. The van der Waals surface area contributed by atoms with Crippen molar-refractivity contribution in [1.82, 2.24) is 0 Å². The third kappa shape index (κ3) is 5.26. The molecule has 0 bridgehead atoms. The van der Waals surface area contributed by atoms with Crippen LogP contribution < -0.4 is 0 Å². The predicted octanol–water partition coefficient (Wildman–Crippen LogP) is 5.42. The van der Waals surface area contributed by atoms with Crippen molar-refractivity contribution in [3.05, 3.63) is 28.8 Å². The van der Waals surface area contributed by atoms with E-state index in [2.05, 4.69) is 32.9 Å². The van der Waals surface area contributed by atoms with E-state index in [0.29, 0.717) is 5.75 Å². The summed E-state index contributed by atoms with van der Waals surface area (Å²) in [6, 6.07) is 4.46. The molecule has 0 aromatic heterocycles. The molecule has 0 unspecified atom stereocenters. The van der Waals surface area contributed by atoms with Crippen LogP contribution in [0.5, 0.6) is 5.75 Å². The van der Waals surface area contributed by atoms with Crippen molar-refractivity contribution in [3.63, 3.8) is 0 Å². The number of aryl methyl sites for hydroxylation is 3. The Morgan fingerprint density at radius 2 is 1.16 bits per heavy atom. The van der Waals surface area contributed by atoms with Crippen LogP contribution in [0.4, 0.5) is 0 Å². The van der Waals surface area contributed by atoms with Crippen molar-refractivity contribution in [3.8, 4) is 5.75 Å². The summed E-state index contributed by atoms with van der Waals surface area (Å²) in [5, 5.41) is 10.4. The maximum atomic E-state index is 10.4. The third-order valence-electron chi connectivity index (χ3n) is 3.75. The van der Waals surface area contributed by atoms with E-state index in [1.54, 1.807) is 0 Å². The van der Waals surface area contributed by atoms with Gasteiger partial charge in [-0.05, 0) is 55.2 Å². The van der Waals surface area contributed by atoms with E-state index in [0.717, 1.165) is 32.1 Å². The summed E-state index contributed by atoms with van der Waals surface area (Å²) < 4.78 is 0. The summed E-state index contributed by atoms with van der Waals surface area (Å²) in [4.78, 5) is 0. The quantitative estimate of drug-likeness (QED) is 0.630. The number of aromatic hydroxyl groups is 1. The highest BCUT2D eigenvalue weighted by atomic mass is 16.3. The Bertz CT molecular complexity index is 339. The predicted molar refractivity (Wildman–Crippen MR) is 83.9 cm³/mol. The minimum Gasteiger partial charge on any atom is -0.507 e. The second-order valence-corrected chi connectivity index (χ2v) is 5.57. The molecule has 0 fully saturated rings. The van der Waals surface area contributed by atoms with E-state index < -0.39 is 0 Å². The van der Waals surface area contributed by atoms with Crippen LogP contribution in [0.3, 0.4) is 0 Å². The molecule has 1 aromatic carbocycles. The van der Waals surface area contributed by atoms with Crippen molar-refractivity contribution < 1.29 is 5.11 Å². The zero-order valence-corrected chi connectivity index (χ0v) is 13.0. The first-order valence-corrected chi connectivity index (χ1v) is 8.06. The van der Waals surface area contributed by atoms with Gasteiger partial charge in [0, 0.05) is 0 Å². The summed E-state index contributed by atoms with van der Waals surface area (Å²) in [6.45, 7) is 6.64. The van der Waals surface area contributed by atoms with Gasteiger partial charge in [-0.3, -0.25) is 0 Å². The Hall–Kier alpha value is -0.980. The lowest BCUT2D eigenvalue weighted by molar-refractivity contribution is 0.458. The summed E-state index contributed by atoms with van der Waals surface area (Å²) >= 11 is 0. The number of rotatable bonds is 9. The van der Waals surface area contributed by atoms with E-state index in [9.17, 15) is 5.11 Å². The molecule has 1 nitrogen and oxygen atoms in total. The molecular weight excluding hydrogens is 232 g/mol. The summed E-state index contributed by atoms with van der Waals surface area (Å²) in [7, 11) is 0. The summed E-state index contributed by atoms with van der Waals surface area (Å²) in [6.07, 6.45) is 10.3. The molecule has 0 spiro atoms. The van der Waals surface area contributed by atoms with E-state index in [1.807, 2.05) is 0 Å². The lowest BCUT2D eigenvalue weighted by atomic mass is 9.95. The van der Waals surface area contributed by atoms with Gasteiger partial charge in [0.05, 0.1) is 0 Å². The molecule has 0 aliphatic rings. The van der Waals surface area contributed by atoms with E-state index in [1.165, 1.54) is 42.4 Å². The van der Waals surface area contributed by atoms with Gasteiger partial charge in [0.1, 0.15) is 5.75 Å². The molecule has 0 saturated heterocycles. The Morgan fingerprint density at radius 1 is 0.737 bits per heavy atom. The number of phenolic OH excluding ortho intramolecular Hbond substituents is 1. The lowest BCUT2D eigenvalue weighted by Gasteiger charge is -2.13. The summed E-state index contributed by atoms with van der Waals surface area (Å²) in [5.74, 6) is 0.571. The van der Waals surface area contributed by atoms with Crippen molar-refractivity contribution in [2.24, 2.45) is 0 Å². The van der Waals surface area contributed by atoms with Crippen LogP contribution in [-0.4, -0.2) is 5.11 Å². The molecule has 1 N–H and O–H groups in total. The fourth-order valence-corrected chi connectivity index (χ4v) is 2.47. The SMILES string of the molecule is CCCCc1cc(CCCC)c(O)c(CCCC)c1. The van der Waals surface area contributed by atoms with Gasteiger partial charge in [-0.2, -0.15) is 0 Å². The van der Waals surface area contributed by atoms with Crippen LogP contribution in [-0.2, 0) is 19.3 Å². The van der Waals surface area contributed by atoms with Crippen molar-refractivity contribution >= 4 is 0 Å². The molecule has 0 heterocycles. The van der Waals surface area contributed by atoms with Gasteiger partial charge in [0.15, 0.2) is 0 Å². The lowest BCUT2D eigenvalue weighted by Crippen LogP contribution is -1.97. The van der Waals surface area contributed by atoms with Crippen LogP contribution in [0, 0.1) is 0 Å². The van der Waals surface area contributed by atoms with Gasteiger partial charge in [0.25, 0.3) is 0 Å². The monoisotopic (exact) mass is 262 g/mol. The molecule has 108 valence electrons. The number of unbranched alkanes of at least 4 members (excludes halogenated alkanes) is 3. The Morgan fingerprint density at radius 3 is 1.58 bits per heavy atom. The normalized spacial score (nSPS) is 10.9. The first-order valence-electron chi connectivity index (χ1n) is 8.06. The molecule has 0 amide bonds. The molecular formula is C18H30O. The van der Waals surface area contributed by atoms with Gasteiger partial charge in [-0.15, -0.1) is 0 Å². The van der Waals surface area contributed by atoms with Crippen LogP contribution in [0.25, 0.3) is 0 Å². The van der Waals surface area contributed by atoms with E-state index >= 15 is 0 Å². The third-order valence-corrected chi connectivity index (χ3v) is 3.75. The van der Waals surface area contributed by atoms with Crippen molar-refractivity contribution in [1.29, 1.82) is 0 Å². The van der Waals surface area contributed by atoms with Gasteiger partial charge in [0.2, 0.25) is 0 Å². The van der Waals surface area contributed by atoms with E-state index in [-0.39, 0.29) is 0 Å². The Balaban J connectivity index is 2.92. The average molecular weight is 262 g/mol. The van der Waals surface area contributed by atoms with E-state index in [4.69, 9.17) is 0 Å². The number of phenols is 1. The van der Waals surface area contributed by atoms with Crippen molar-refractivity contribution in [2.45, 2.75) is 78.6 Å². The number of hydrogen-bond acceptors (Lipinski definition) is 1. The average Bonchev–Trinajstić information content (AvgIpc) is 2.43. The molecule has 0 aliphatic heterocycles. The zero-order chi connectivity index (χ0) is 14.1. The highest BCUT2D eigenvalue weighted by molar-refractivity contribution is 5.44.